The van der Waals surface area contributed by atoms with Gasteiger partial charge in [-0.1, -0.05) is 28.4 Å². The maximum Gasteiger partial charge on any atom is 0.163 e. The number of phenols is 1. The highest BCUT2D eigenvalue weighted by Crippen LogP contribution is 2.47. The molecule has 0 fully saturated rings. The fraction of sp³-hybridized carbons (Fsp3) is 0.222. The molecule has 0 aliphatic heterocycles. The van der Waals surface area contributed by atoms with Gasteiger partial charge in [-0.2, -0.15) is 0 Å². The topological polar surface area (TPSA) is 71.3 Å². The Balaban J connectivity index is 3.63. The maximum absolute atomic E-state index is 9.72. The van der Waals surface area contributed by atoms with Gasteiger partial charge in [-0.3, -0.25) is 0 Å². The van der Waals surface area contributed by atoms with Crippen molar-refractivity contribution < 1.29 is 19.8 Å². The molecule has 0 saturated carbocycles. The van der Waals surface area contributed by atoms with E-state index in [1.54, 1.807) is 0 Å². The second-order valence-electron chi connectivity index (χ2n) is 2.70. The predicted octanol–water partition coefficient (Wildman–Crippen LogP) is 2.52. The molecule has 1 rings (SSSR count). The van der Waals surface area contributed by atoms with Crippen molar-refractivity contribution in [3.05, 3.63) is 15.6 Å². The standard InChI is InChI=1S/C9H9Cl2NO4/c1-15-8-4(3-12-14)7(13)5(10)9(16-2)6(8)11/h3,13-14H,1-2H3/b12-3-. The van der Waals surface area contributed by atoms with Crippen LogP contribution in [0.2, 0.25) is 10.0 Å². The molecule has 2 N–H and O–H groups in total. The van der Waals surface area contributed by atoms with Gasteiger partial charge in [0.2, 0.25) is 0 Å². The first-order chi connectivity index (χ1) is 7.58. The molecule has 0 aliphatic carbocycles. The number of ether oxygens (including phenoxy) is 2. The second-order valence-corrected chi connectivity index (χ2v) is 3.46. The number of nitrogens with zero attached hydrogens (tertiary/aromatic N) is 1. The van der Waals surface area contributed by atoms with Gasteiger partial charge in [0.25, 0.3) is 0 Å². The fourth-order valence-corrected chi connectivity index (χ4v) is 1.88. The van der Waals surface area contributed by atoms with E-state index in [9.17, 15) is 5.11 Å². The molecule has 0 saturated heterocycles. The van der Waals surface area contributed by atoms with Crippen LogP contribution in [0, 0.1) is 0 Å². The van der Waals surface area contributed by atoms with Gasteiger partial charge in [0.1, 0.15) is 10.0 Å². The first kappa shape index (κ1) is 12.7. The van der Waals surface area contributed by atoms with Crippen LogP contribution in [-0.2, 0) is 0 Å². The molecule has 0 amide bonds. The summed E-state index contributed by atoms with van der Waals surface area (Å²) in [5.74, 6) is -0.136. The Morgan fingerprint density at radius 3 is 2.12 bits per heavy atom. The summed E-state index contributed by atoms with van der Waals surface area (Å²) in [7, 11) is 2.70. The lowest BCUT2D eigenvalue weighted by atomic mass is 10.1. The van der Waals surface area contributed by atoms with E-state index in [1.807, 2.05) is 0 Å². The third-order valence-electron chi connectivity index (χ3n) is 1.90. The minimum atomic E-state index is -0.336. The number of benzene rings is 1. The molecule has 1 aromatic carbocycles. The largest absolute Gasteiger partial charge is 0.505 e. The quantitative estimate of drug-likeness (QED) is 0.501. The van der Waals surface area contributed by atoms with Gasteiger partial charge in [-0.15, -0.1) is 0 Å². The molecule has 0 aliphatic rings. The number of oxime groups is 1. The number of rotatable bonds is 3. The van der Waals surface area contributed by atoms with E-state index in [1.165, 1.54) is 14.2 Å². The van der Waals surface area contributed by atoms with Crippen molar-refractivity contribution in [1.82, 2.24) is 0 Å². The number of aromatic hydroxyl groups is 1. The zero-order valence-electron chi connectivity index (χ0n) is 8.49. The first-order valence-corrected chi connectivity index (χ1v) is 4.83. The molecule has 0 radical (unpaired) electrons. The van der Waals surface area contributed by atoms with Gasteiger partial charge in [0.15, 0.2) is 17.2 Å². The summed E-state index contributed by atoms with van der Waals surface area (Å²) in [6, 6.07) is 0. The Labute approximate surface area is 102 Å². The van der Waals surface area contributed by atoms with Crippen molar-refractivity contribution >= 4 is 29.4 Å². The summed E-state index contributed by atoms with van der Waals surface area (Å²) >= 11 is 11.7. The van der Waals surface area contributed by atoms with Gasteiger partial charge < -0.3 is 19.8 Å². The molecule has 0 unspecified atom stereocenters. The number of methoxy groups -OCH3 is 2. The van der Waals surface area contributed by atoms with E-state index in [0.717, 1.165) is 6.21 Å². The Bertz CT molecular complexity index is 434. The summed E-state index contributed by atoms with van der Waals surface area (Å²) in [5, 5.41) is 21.0. The number of hydrogen-bond donors (Lipinski definition) is 2. The normalized spacial score (nSPS) is 10.8. The third-order valence-corrected chi connectivity index (χ3v) is 2.59. The van der Waals surface area contributed by atoms with Crippen molar-refractivity contribution in [3.8, 4) is 17.2 Å². The van der Waals surface area contributed by atoms with Crippen LogP contribution in [0.3, 0.4) is 0 Å². The molecule has 7 heteroatoms. The molecular weight excluding hydrogens is 257 g/mol. The molecule has 0 atom stereocenters. The summed E-state index contributed by atoms with van der Waals surface area (Å²) in [6.07, 6.45) is 0.964. The van der Waals surface area contributed by atoms with E-state index in [-0.39, 0.29) is 32.9 Å². The van der Waals surface area contributed by atoms with E-state index >= 15 is 0 Å². The van der Waals surface area contributed by atoms with Crippen LogP contribution in [0.1, 0.15) is 5.56 Å². The van der Waals surface area contributed by atoms with Crippen molar-refractivity contribution in [1.29, 1.82) is 0 Å². The fourth-order valence-electron chi connectivity index (χ4n) is 1.21. The number of halogens is 2. The summed E-state index contributed by atoms with van der Waals surface area (Å²) in [6.45, 7) is 0. The predicted molar refractivity (Wildman–Crippen MR) is 60.6 cm³/mol. The highest BCUT2D eigenvalue weighted by atomic mass is 35.5. The highest BCUT2D eigenvalue weighted by molar-refractivity contribution is 6.39. The molecule has 5 nitrogen and oxygen atoms in total. The van der Waals surface area contributed by atoms with Crippen LogP contribution in [0.4, 0.5) is 0 Å². The molecule has 0 heterocycles. The Morgan fingerprint density at radius 2 is 1.69 bits per heavy atom. The molecule has 0 bridgehead atoms. The number of hydrogen-bond acceptors (Lipinski definition) is 5. The van der Waals surface area contributed by atoms with Crippen molar-refractivity contribution in [2.24, 2.45) is 5.16 Å². The van der Waals surface area contributed by atoms with E-state index in [0.29, 0.717) is 0 Å². The van der Waals surface area contributed by atoms with Crippen LogP contribution in [-0.4, -0.2) is 30.7 Å². The SMILES string of the molecule is COc1c(Cl)c(O)c(/C=N\O)c(OC)c1Cl. The van der Waals surface area contributed by atoms with Crippen molar-refractivity contribution in [2.45, 2.75) is 0 Å². The number of phenolic OH excluding ortho intramolecular Hbond substituents is 1. The van der Waals surface area contributed by atoms with Gasteiger partial charge in [-0.05, 0) is 0 Å². The lowest BCUT2D eigenvalue weighted by Gasteiger charge is -2.14. The van der Waals surface area contributed by atoms with Gasteiger partial charge >= 0.3 is 0 Å². The molecular formula is C9H9Cl2NO4. The smallest absolute Gasteiger partial charge is 0.163 e. The zero-order valence-corrected chi connectivity index (χ0v) is 10.0. The lowest BCUT2D eigenvalue weighted by Crippen LogP contribution is -1.97. The average Bonchev–Trinajstić information content (AvgIpc) is 2.27. The van der Waals surface area contributed by atoms with Gasteiger partial charge in [0.05, 0.1) is 26.0 Å². The van der Waals surface area contributed by atoms with Crippen LogP contribution < -0.4 is 9.47 Å². The Hall–Kier alpha value is -1.33. The molecule has 0 spiro atoms. The Kier molecular flexibility index (Phi) is 4.09. The summed E-state index contributed by atoms with van der Waals surface area (Å²) < 4.78 is 9.90. The maximum atomic E-state index is 9.72. The van der Waals surface area contributed by atoms with Crippen LogP contribution in [0.25, 0.3) is 0 Å². The summed E-state index contributed by atoms with van der Waals surface area (Å²) in [5.41, 5.74) is 0.0702. The van der Waals surface area contributed by atoms with Gasteiger partial charge in [0, 0.05) is 0 Å². The molecule has 16 heavy (non-hydrogen) atoms. The van der Waals surface area contributed by atoms with Gasteiger partial charge in [-0.25, -0.2) is 0 Å². The molecule has 88 valence electrons. The monoisotopic (exact) mass is 265 g/mol. The molecule has 1 aromatic rings. The van der Waals surface area contributed by atoms with E-state index in [2.05, 4.69) is 5.16 Å². The lowest BCUT2D eigenvalue weighted by molar-refractivity contribution is 0.321. The minimum Gasteiger partial charge on any atom is -0.505 e. The van der Waals surface area contributed by atoms with Crippen molar-refractivity contribution in [2.75, 3.05) is 14.2 Å². The summed E-state index contributed by atoms with van der Waals surface area (Å²) in [4.78, 5) is 0. The average molecular weight is 266 g/mol. The highest BCUT2D eigenvalue weighted by Gasteiger charge is 2.22. The van der Waals surface area contributed by atoms with Crippen LogP contribution in [0.15, 0.2) is 5.16 Å². The van der Waals surface area contributed by atoms with Crippen LogP contribution >= 0.6 is 23.2 Å². The minimum absolute atomic E-state index is 0.0702. The van der Waals surface area contributed by atoms with E-state index < -0.39 is 0 Å². The zero-order chi connectivity index (χ0) is 12.3. The van der Waals surface area contributed by atoms with E-state index in [4.69, 9.17) is 37.9 Å². The third kappa shape index (κ3) is 1.96. The molecule has 0 aromatic heterocycles. The van der Waals surface area contributed by atoms with Crippen LogP contribution in [0.5, 0.6) is 17.2 Å². The van der Waals surface area contributed by atoms with Crippen molar-refractivity contribution in [3.63, 3.8) is 0 Å². The second kappa shape index (κ2) is 5.14. The first-order valence-electron chi connectivity index (χ1n) is 4.07. The Morgan fingerprint density at radius 1 is 1.12 bits per heavy atom.